The quantitative estimate of drug-likeness (QED) is 0.677. The molecule has 1 heteroatoms. The van der Waals surface area contributed by atoms with Crippen molar-refractivity contribution in [2.24, 2.45) is 10.8 Å². The lowest BCUT2D eigenvalue weighted by atomic mass is 9.63. The largest absolute Gasteiger partial charge is 0.298 e. The second kappa shape index (κ2) is 4.87. The van der Waals surface area contributed by atoms with Crippen molar-refractivity contribution < 1.29 is 4.79 Å². The summed E-state index contributed by atoms with van der Waals surface area (Å²) in [6.07, 6.45) is 10.4. The van der Waals surface area contributed by atoms with Crippen molar-refractivity contribution in [3.63, 3.8) is 0 Å². The molecule has 0 radical (unpaired) electrons. The average Bonchev–Trinajstić information content (AvgIpc) is 2.23. The zero-order valence-electron chi connectivity index (χ0n) is 13.6. The van der Waals surface area contributed by atoms with Crippen LogP contribution in [0, 0.1) is 10.8 Å². The monoisotopic (exact) mass is 270 g/mol. The molecule has 0 aliphatic heterocycles. The van der Waals surface area contributed by atoms with Gasteiger partial charge in [0.25, 0.3) is 0 Å². The maximum atomic E-state index is 13.2. The Bertz CT molecular complexity index is 521. The summed E-state index contributed by atoms with van der Waals surface area (Å²) in [5.41, 5.74) is 4.27. The van der Waals surface area contributed by atoms with E-state index >= 15 is 0 Å². The van der Waals surface area contributed by atoms with Crippen LogP contribution in [0.1, 0.15) is 54.4 Å². The molecular weight excluding hydrogens is 244 g/mol. The Morgan fingerprint density at radius 1 is 0.850 bits per heavy atom. The number of carbonyl (C=O) groups is 1. The highest BCUT2D eigenvalue weighted by molar-refractivity contribution is 5.94. The number of Topliss-reactive ketones (excluding diaryl/α,β-unsaturated/α-hetero) is 1. The highest BCUT2D eigenvalue weighted by atomic mass is 16.1. The maximum Gasteiger partial charge on any atom is 0.152 e. The van der Waals surface area contributed by atoms with Crippen LogP contribution in [0.2, 0.25) is 0 Å². The highest BCUT2D eigenvalue weighted by Crippen LogP contribution is 2.45. The summed E-state index contributed by atoms with van der Waals surface area (Å²) in [6.45, 7) is 12.6. The smallest absolute Gasteiger partial charge is 0.152 e. The van der Waals surface area contributed by atoms with Crippen LogP contribution in [0.4, 0.5) is 0 Å². The predicted octanol–water partition coefficient (Wildman–Crippen LogP) is 5.16. The molecule has 108 valence electrons. The van der Waals surface area contributed by atoms with Crippen molar-refractivity contribution in [3.8, 4) is 0 Å². The summed E-state index contributed by atoms with van der Waals surface area (Å²) in [5, 5.41) is 0. The van der Waals surface area contributed by atoms with Crippen molar-refractivity contribution in [1.82, 2.24) is 0 Å². The number of carbonyl (C=O) groups excluding carboxylic acids is 1. The van der Waals surface area contributed by atoms with Gasteiger partial charge in [0.1, 0.15) is 0 Å². The third kappa shape index (κ3) is 2.72. The van der Waals surface area contributed by atoms with Gasteiger partial charge >= 0.3 is 0 Å². The standard InChI is InChI=1S/C19H26O/c1-13-7-14(2)10-18(5,9-13)17(20)19(6)11-15(3)8-16(4)12-19/h7-9,11H,10,12H2,1-6H3. The molecule has 2 rings (SSSR count). The van der Waals surface area contributed by atoms with Crippen LogP contribution in [0.25, 0.3) is 0 Å². The molecule has 0 aromatic rings. The van der Waals surface area contributed by atoms with Gasteiger partial charge in [0.15, 0.2) is 5.78 Å². The molecule has 2 aliphatic rings. The average molecular weight is 270 g/mol. The van der Waals surface area contributed by atoms with E-state index in [2.05, 4.69) is 65.8 Å². The van der Waals surface area contributed by atoms with Gasteiger partial charge in [-0.25, -0.2) is 0 Å². The number of hydrogen-bond donors (Lipinski definition) is 0. The summed E-state index contributed by atoms with van der Waals surface area (Å²) in [4.78, 5) is 13.2. The molecule has 0 saturated carbocycles. The Balaban J connectivity index is 2.38. The van der Waals surface area contributed by atoms with Crippen molar-refractivity contribution >= 4 is 5.78 Å². The lowest BCUT2D eigenvalue weighted by Gasteiger charge is -2.38. The van der Waals surface area contributed by atoms with Crippen LogP contribution in [0.3, 0.4) is 0 Å². The Morgan fingerprint density at radius 3 is 1.50 bits per heavy atom. The van der Waals surface area contributed by atoms with Crippen molar-refractivity contribution in [1.29, 1.82) is 0 Å². The van der Waals surface area contributed by atoms with E-state index in [9.17, 15) is 4.79 Å². The number of hydrogen-bond acceptors (Lipinski definition) is 1. The van der Waals surface area contributed by atoms with Gasteiger partial charge in [0.05, 0.1) is 0 Å². The first-order valence-electron chi connectivity index (χ1n) is 7.43. The number of allylic oxidation sites excluding steroid dienone is 8. The van der Waals surface area contributed by atoms with Crippen molar-refractivity contribution in [2.45, 2.75) is 54.4 Å². The van der Waals surface area contributed by atoms with E-state index in [1.54, 1.807) is 0 Å². The topological polar surface area (TPSA) is 17.1 Å². The van der Waals surface area contributed by atoms with E-state index in [0.29, 0.717) is 5.78 Å². The molecule has 20 heavy (non-hydrogen) atoms. The van der Waals surface area contributed by atoms with Crippen molar-refractivity contribution in [3.05, 3.63) is 46.6 Å². The molecule has 2 unspecified atom stereocenters. The van der Waals surface area contributed by atoms with E-state index in [1.807, 2.05) is 0 Å². The summed E-state index contributed by atoms with van der Waals surface area (Å²) in [5.74, 6) is 0.351. The second-order valence-corrected chi connectivity index (χ2v) is 7.28. The van der Waals surface area contributed by atoms with Gasteiger partial charge in [-0.2, -0.15) is 0 Å². The van der Waals surface area contributed by atoms with Crippen LogP contribution >= 0.6 is 0 Å². The van der Waals surface area contributed by atoms with Crippen LogP contribution in [-0.2, 0) is 4.79 Å². The normalized spacial score (nSPS) is 33.9. The van der Waals surface area contributed by atoms with Crippen molar-refractivity contribution in [2.75, 3.05) is 0 Å². The molecule has 0 spiro atoms. The fourth-order valence-corrected chi connectivity index (χ4v) is 4.17. The Labute approximate surface area is 123 Å². The molecular formula is C19H26O. The molecule has 0 amide bonds. The summed E-state index contributed by atoms with van der Waals surface area (Å²) in [6, 6.07) is 0. The number of ketones is 1. The van der Waals surface area contributed by atoms with Gasteiger partial charge in [-0.05, 0) is 54.4 Å². The Morgan fingerprint density at radius 2 is 1.20 bits per heavy atom. The predicted molar refractivity (Wildman–Crippen MR) is 85.5 cm³/mol. The second-order valence-electron chi connectivity index (χ2n) is 7.28. The van der Waals surface area contributed by atoms with E-state index in [-0.39, 0.29) is 10.8 Å². The number of rotatable bonds is 2. The Kier molecular flexibility index (Phi) is 3.66. The summed E-state index contributed by atoms with van der Waals surface area (Å²) in [7, 11) is 0. The van der Waals surface area contributed by atoms with Gasteiger partial charge < -0.3 is 0 Å². The summed E-state index contributed by atoms with van der Waals surface area (Å²) >= 11 is 0. The molecule has 0 fully saturated rings. The van der Waals surface area contributed by atoms with Crippen LogP contribution in [0.5, 0.6) is 0 Å². The van der Waals surface area contributed by atoms with Gasteiger partial charge in [-0.15, -0.1) is 0 Å². The molecule has 0 aromatic heterocycles. The zero-order chi connectivity index (χ0) is 15.1. The molecule has 0 N–H and O–H groups in total. The maximum absolute atomic E-state index is 13.2. The van der Waals surface area contributed by atoms with Crippen LogP contribution < -0.4 is 0 Å². The van der Waals surface area contributed by atoms with Gasteiger partial charge in [-0.1, -0.05) is 46.6 Å². The fourth-order valence-electron chi connectivity index (χ4n) is 4.17. The first-order chi connectivity index (χ1) is 9.14. The minimum absolute atomic E-state index is 0.351. The van der Waals surface area contributed by atoms with Gasteiger partial charge in [0, 0.05) is 10.8 Å². The molecule has 0 aromatic carbocycles. The first-order valence-corrected chi connectivity index (χ1v) is 7.43. The molecule has 2 aliphatic carbocycles. The molecule has 2 atom stereocenters. The lowest BCUT2D eigenvalue weighted by Crippen LogP contribution is -2.40. The third-order valence-electron chi connectivity index (χ3n) is 4.37. The Hall–Kier alpha value is -1.37. The van der Waals surface area contributed by atoms with E-state index in [1.165, 1.54) is 22.3 Å². The highest BCUT2D eigenvalue weighted by Gasteiger charge is 2.44. The zero-order valence-corrected chi connectivity index (χ0v) is 13.6. The van der Waals surface area contributed by atoms with E-state index in [4.69, 9.17) is 0 Å². The van der Waals surface area contributed by atoms with E-state index < -0.39 is 0 Å². The minimum Gasteiger partial charge on any atom is -0.298 e. The SMILES string of the molecule is CC1=CC(C)(C(=O)C2(C)C=C(C)C=C(C)C2)CC(C)=C1. The molecule has 0 bridgehead atoms. The molecule has 0 heterocycles. The van der Waals surface area contributed by atoms with Gasteiger partial charge in [0.2, 0.25) is 0 Å². The van der Waals surface area contributed by atoms with Crippen LogP contribution in [0.15, 0.2) is 46.6 Å². The minimum atomic E-state index is -0.369. The molecule has 0 saturated heterocycles. The van der Waals surface area contributed by atoms with Gasteiger partial charge in [-0.3, -0.25) is 4.79 Å². The van der Waals surface area contributed by atoms with E-state index in [0.717, 1.165) is 12.8 Å². The lowest BCUT2D eigenvalue weighted by molar-refractivity contribution is -0.132. The fraction of sp³-hybridized carbons (Fsp3) is 0.526. The summed E-state index contributed by atoms with van der Waals surface area (Å²) < 4.78 is 0. The first kappa shape index (κ1) is 15.0. The third-order valence-corrected chi connectivity index (χ3v) is 4.37. The van der Waals surface area contributed by atoms with Crippen LogP contribution in [-0.4, -0.2) is 5.78 Å². The molecule has 1 nitrogen and oxygen atoms in total.